The summed E-state index contributed by atoms with van der Waals surface area (Å²) < 4.78 is 0. The Morgan fingerprint density at radius 2 is 1.65 bits per heavy atom. The third-order valence-corrected chi connectivity index (χ3v) is 3.79. The highest BCUT2D eigenvalue weighted by Gasteiger charge is 2.16. The Kier molecular flexibility index (Phi) is 4.82. The molecule has 0 saturated heterocycles. The lowest BCUT2D eigenvalue weighted by Gasteiger charge is -2.20. The van der Waals surface area contributed by atoms with Crippen LogP contribution in [0.25, 0.3) is 0 Å². The third-order valence-electron chi connectivity index (χ3n) is 3.79. The van der Waals surface area contributed by atoms with Crippen molar-refractivity contribution in [2.75, 3.05) is 0 Å². The standard InChI is InChI=1S/C17H23/c1-7-9-10-16(8-2)17-14(5)12(3)11-13(4)15(17)6/h11,16H,7,9-10H2,1,3-6H3. The van der Waals surface area contributed by atoms with E-state index in [0.717, 1.165) is 6.42 Å². The Bertz CT molecular complexity index is 406. The second-order valence-corrected chi connectivity index (χ2v) is 5.01. The summed E-state index contributed by atoms with van der Waals surface area (Å²) in [7, 11) is 0. The quantitative estimate of drug-likeness (QED) is 0.649. The molecule has 0 bridgehead atoms. The third kappa shape index (κ3) is 2.91. The summed E-state index contributed by atoms with van der Waals surface area (Å²) in [5, 5.41) is 0. The largest absolute Gasteiger partial charge is 0.0809 e. The van der Waals surface area contributed by atoms with Crippen molar-refractivity contribution in [1.82, 2.24) is 0 Å². The highest BCUT2D eigenvalue weighted by molar-refractivity contribution is 5.47. The normalized spacial score (nSPS) is 12.2. The van der Waals surface area contributed by atoms with Crippen molar-refractivity contribution in [1.29, 1.82) is 0 Å². The lowest BCUT2D eigenvalue weighted by atomic mass is 9.84. The Hall–Kier alpha value is -1.22. The number of aryl methyl sites for hydroxylation is 2. The number of hydrogen-bond donors (Lipinski definition) is 0. The molecule has 0 heteroatoms. The van der Waals surface area contributed by atoms with Crippen LogP contribution in [0.4, 0.5) is 0 Å². The molecule has 0 spiro atoms. The second kappa shape index (κ2) is 5.92. The van der Waals surface area contributed by atoms with E-state index in [2.05, 4.69) is 46.6 Å². The number of hydrogen-bond acceptors (Lipinski definition) is 0. The van der Waals surface area contributed by atoms with Gasteiger partial charge < -0.3 is 0 Å². The van der Waals surface area contributed by atoms with Gasteiger partial charge in [0.15, 0.2) is 0 Å². The molecule has 1 aromatic rings. The van der Waals surface area contributed by atoms with Gasteiger partial charge in [0.1, 0.15) is 0 Å². The molecule has 0 aliphatic heterocycles. The summed E-state index contributed by atoms with van der Waals surface area (Å²) in [5.41, 5.74) is 6.69. The molecule has 0 N–H and O–H groups in total. The van der Waals surface area contributed by atoms with Gasteiger partial charge in [-0.1, -0.05) is 31.8 Å². The molecular formula is C17H23. The molecule has 91 valence electrons. The maximum atomic E-state index is 7.56. The monoisotopic (exact) mass is 227 g/mol. The lowest BCUT2D eigenvalue weighted by molar-refractivity contribution is 0.669. The molecule has 1 unspecified atom stereocenters. The molecule has 0 aromatic heterocycles. The molecule has 0 aliphatic rings. The maximum Gasteiger partial charge on any atom is 0.0467 e. The van der Waals surface area contributed by atoms with Gasteiger partial charge in [0, 0.05) is 5.92 Å². The first-order valence-electron chi connectivity index (χ1n) is 6.52. The van der Waals surface area contributed by atoms with E-state index in [1.807, 2.05) is 0 Å². The van der Waals surface area contributed by atoms with Gasteiger partial charge in [0.25, 0.3) is 0 Å². The summed E-state index contributed by atoms with van der Waals surface area (Å²) >= 11 is 0. The summed E-state index contributed by atoms with van der Waals surface area (Å²) in [6, 6.07) is 2.25. The molecule has 0 heterocycles. The van der Waals surface area contributed by atoms with Crippen LogP contribution in [0.3, 0.4) is 0 Å². The van der Waals surface area contributed by atoms with Crippen molar-refractivity contribution >= 4 is 0 Å². The average Bonchev–Trinajstić information content (AvgIpc) is 2.31. The molecule has 0 saturated carbocycles. The molecule has 0 amide bonds. The smallest absolute Gasteiger partial charge is 0.0467 e. The fraction of sp³-hybridized carbons (Fsp3) is 0.529. The van der Waals surface area contributed by atoms with E-state index in [0.29, 0.717) is 0 Å². The van der Waals surface area contributed by atoms with Crippen LogP contribution in [0.15, 0.2) is 6.07 Å². The Labute approximate surface area is 106 Å². The molecule has 17 heavy (non-hydrogen) atoms. The van der Waals surface area contributed by atoms with Crippen LogP contribution in [-0.2, 0) is 0 Å². The van der Waals surface area contributed by atoms with E-state index < -0.39 is 0 Å². The predicted molar refractivity (Wildman–Crippen MR) is 74.8 cm³/mol. The van der Waals surface area contributed by atoms with Crippen molar-refractivity contribution in [2.45, 2.75) is 59.8 Å². The summed E-state index contributed by atoms with van der Waals surface area (Å²) in [6.45, 7) is 10.9. The van der Waals surface area contributed by atoms with Gasteiger partial charge in [0.05, 0.1) is 0 Å². The maximum absolute atomic E-state index is 7.56. The number of benzene rings is 1. The first-order valence-corrected chi connectivity index (χ1v) is 6.52. The van der Waals surface area contributed by atoms with Crippen molar-refractivity contribution in [3.8, 4) is 5.92 Å². The van der Waals surface area contributed by atoms with Gasteiger partial charge in [-0.05, 0) is 68.4 Å². The number of rotatable bonds is 4. The Balaban J connectivity index is 3.23. The fourth-order valence-corrected chi connectivity index (χ4v) is 2.47. The topological polar surface area (TPSA) is 0 Å². The predicted octanol–water partition coefficient (Wildman–Crippen LogP) is 4.78. The highest BCUT2D eigenvalue weighted by atomic mass is 14.2. The van der Waals surface area contributed by atoms with Crippen LogP contribution in [0.2, 0.25) is 0 Å². The van der Waals surface area contributed by atoms with Crippen LogP contribution < -0.4 is 0 Å². The van der Waals surface area contributed by atoms with Gasteiger partial charge >= 0.3 is 0 Å². The van der Waals surface area contributed by atoms with E-state index in [4.69, 9.17) is 6.42 Å². The minimum absolute atomic E-state index is 0.175. The van der Waals surface area contributed by atoms with Gasteiger partial charge in [0.2, 0.25) is 0 Å². The van der Waals surface area contributed by atoms with E-state index in [-0.39, 0.29) is 5.92 Å². The minimum atomic E-state index is 0.175. The molecule has 0 aliphatic carbocycles. The average molecular weight is 227 g/mol. The van der Waals surface area contributed by atoms with Gasteiger partial charge in [-0.15, -0.1) is 0 Å². The van der Waals surface area contributed by atoms with Gasteiger partial charge in [-0.25, -0.2) is 0 Å². The molecule has 0 nitrogen and oxygen atoms in total. The van der Waals surface area contributed by atoms with Crippen molar-refractivity contribution in [3.05, 3.63) is 40.3 Å². The molecule has 1 atom stereocenters. The van der Waals surface area contributed by atoms with Gasteiger partial charge in [-0.3, -0.25) is 0 Å². The van der Waals surface area contributed by atoms with Crippen LogP contribution in [-0.4, -0.2) is 0 Å². The Morgan fingerprint density at radius 1 is 1.12 bits per heavy atom. The zero-order valence-electron chi connectivity index (χ0n) is 11.8. The minimum Gasteiger partial charge on any atom is -0.0809 e. The van der Waals surface area contributed by atoms with Crippen molar-refractivity contribution in [2.24, 2.45) is 0 Å². The lowest BCUT2D eigenvalue weighted by Crippen LogP contribution is -2.05. The molecular weight excluding hydrogens is 204 g/mol. The molecule has 1 rings (SSSR count). The van der Waals surface area contributed by atoms with Crippen molar-refractivity contribution in [3.63, 3.8) is 0 Å². The SMILES string of the molecule is [C]#CC(CCCC)c1c(C)c(C)cc(C)c1C. The van der Waals surface area contributed by atoms with E-state index in [9.17, 15) is 0 Å². The van der Waals surface area contributed by atoms with Gasteiger partial charge in [-0.2, -0.15) is 0 Å². The molecule has 0 fully saturated rings. The summed E-state index contributed by atoms with van der Waals surface area (Å²) in [5.74, 6) is 2.91. The van der Waals surface area contributed by atoms with E-state index in [1.165, 1.54) is 40.7 Å². The summed E-state index contributed by atoms with van der Waals surface area (Å²) in [6.07, 6.45) is 11.0. The Morgan fingerprint density at radius 3 is 2.06 bits per heavy atom. The van der Waals surface area contributed by atoms with Crippen LogP contribution >= 0.6 is 0 Å². The van der Waals surface area contributed by atoms with E-state index in [1.54, 1.807) is 0 Å². The first-order chi connectivity index (χ1) is 8.02. The van der Waals surface area contributed by atoms with Crippen LogP contribution in [0, 0.1) is 40.0 Å². The zero-order valence-corrected chi connectivity index (χ0v) is 11.8. The zero-order chi connectivity index (χ0) is 13.0. The van der Waals surface area contributed by atoms with Crippen LogP contribution in [0.1, 0.15) is 59.9 Å². The molecule has 1 aromatic carbocycles. The second-order valence-electron chi connectivity index (χ2n) is 5.01. The first kappa shape index (κ1) is 13.8. The highest BCUT2D eigenvalue weighted by Crippen LogP contribution is 2.31. The summed E-state index contributed by atoms with van der Waals surface area (Å²) in [4.78, 5) is 0. The van der Waals surface area contributed by atoms with Crippen molar-refractivity contribution < 1.29 is 0 Å². The molecule has 1 radical (unpaired) electrons. The van der Waals surface area contributed by atoms with E-state index >= 15 is 0 Å². The van der Waals surface area contributed by atoms with Crippen LogP contribution in [0.5, 0.6) is 0 Å². The number of unbranched alkanes of at least 4 members (excludes halogenated alkanes) is 1. The fourth-order valence-electron chi connectivity index (χ4n) is 2.47.